The molecule has 1 aliphatic rings. The molecule has 2 unspecified atom stereocenters. The summed E-state index contributed by atoms with van der Waals surface area (Å²) in [6.45, 7) is 6.13. The Morgan fingerprint density at radius 1 is 1.47 bits per heavy atom. The second-order valence-corrected chi connectivity index (χ2v) is 4.79. The highest BCUT2D eigenvalue weighted by molar-refractivity contribution is 6.32. The maximum Gasteiger partial charge on any atom is 0.125 e. The molecule has 94 valence electrons. The summed E-state index contributed by atoms with van der Waals surface area (Å²) in [4.78, 5) is 5.07. The second-order valence-electron chi connectivity index (χ2n) is 4.41. The van der Waals surface area contributed by atoms with Crippen LogP contribution in [0.4, 0.5) is 0 Å². The Balaban J connectivity index is 2.50. The topological polar surface area (TPSA) is 30.5 Å². The van der Waals surface area contributed by atoms with Gasteiger partial charge in [0, 0.05) is 10.6 Å². The number of ether oxygens (including phenoxy) is 1. The van der Waals surface area contributed by atoms with Gasteiger partial charge in [-0.25, -0.2) is 0 Å². The highest BCUT2D eigenvalue weighted by Gasteiger charge is 2.35. The van der Waals surface area contributed by atoms with E-state index in [-0.39, 0.29) is 12.1 Å². The number of hydrogen-bond donors (Lipinski definition) is 1. The first-order valence-corrected chi connectivity index (χ1v) is 6.22. The quantitative estimate of drug-likeness (QED) is 0.841. The maximum atomic E-state index is 6.29. The smallest absolute Gasteiger partial charge is 0.125 e. The third kappa shape index (κ3) is 2.03. The average Bonchev–Trinajstić information content (AvgIpc) is 2.65. The Morgan fingerprint density at radius 2 is 2.18 bits per heavy atom. The van der Waals surface area contributed by atoms with Gasteiger partial charge in [-0.3, -0.25) is 0 Å². The SMILES string of the molecule is CCC1Oc2cc(C)c(Cl)c(C)c2C1NOC. The average molecular weight is 256 g/mol. The number of nitrogens with one attached hydrogen (secondary N) is 1. The van der Waals surface area contributed by atoms with Gasteiger partial charge in [-0.1, -0.05) is 18.5 Å². The number of fused-ring (bicyclic) bond motifs is 1. The van der Waals surface area contributed by atoms with E-state index in [4.69, 9.17) is 21.2 Å². The van der Waals surface area contributed by atoms with Gasteiger partial charge in [0.2, 0.25) is 0 Å². The van der Waals surface area contributed by atoms with E-state index in [1.54, 1.807) is 7.11 Å². The summed E-state index contributed by atoms with van der Waals surface area (Å²) in [7, 11) is 1.62. The standard InChI is InChI=1S/C13H18ClNO2/c1-5-9-13(15-16-4)11-8(3)12(14)7(2)6-10(11)17-9/h6,9,13,15H,5H2,1-4H3. The normalized spacial score (nSPS) is 22.4. The van der Waals surface area contributed by atoms with E-state index in [0.29, 0.717) is 0 Å². The van der Waals surface area contributed by atoms with Gasteiger partial charge in [0.15, 0.2) is 0 Å². The summed E-state index contributed by atoms with van der Waals surface area (Å²) in [5.74, 6) is 0.922. The van der Waals surface area contributed by atoms with Crippen molar-refractivity contribution in [3.05, 3.63) is 27.8 Å². The fraction of sp³-hybridized carbons (Fsp3) is 0.538. The molecule has 1 aromatic carbocycles. The summed E-state index contributed by atoms with van der Waals surface area (Å²) >= 11 is 6.29. The first-order chi connectivity index (χ1) is 8.10. The molecule has 0 spiro atoms. The zero-order valence-electron chi connectivity index (χ0n) is 10.6. The summed E-state index contributed by atoms with van der Waals surface area (Å²) in [6, 6.07) is 2.06. The molecule has 1 N–H and O–H groups in total. The lowest BCUT2D eigenvalue weighted by Gasteiger charge is -2.18. The van der Waals surface area contributed by atoms with Crippen molar-refractivity contribution < 1.29 is 9.57 Å². The van der Waals surface area contributed by atoms with Crippen LogP contribution in [0, 0.1) is 13.8 Å². The molecule has 2 atom stereocenters. The molecule has 0 amide bonds. The Hall–Kier alpha value is -0.770. The van der Waals surface area contributed by atoms with Crippen LogP contribution in [0.3, 0.4) is 0 Å². The molecule has 0 aliphatic carbocycles. The summed E-state index contributed by atoms with van der Waals surface area (Å²) in [6.07, 6.45) is 1.02. The Kier molecular flexibility index (Phi) is 3.61. The first kappa shape index (κ1) is 12.7. The molecular formula is C13H18ClNO2. The van der Waals surface area contributed by atoms with Gasteiger partial charge in [-0.2, -0.15) is 5.48 Å². The fourth-order valence-electron chi connectivity index (χ4n) is 2.42. The Bertz CT molecular complexity index is 434. The zero-order valence-corrected chi connectivity index (χ0v) is 11.4. The summed E-state index contributed by atoms with van der Waals surface area (Å²) in [5.41, 5.74) is 6.25. The second kappa shape index (κ2) is 4.84. The van der Waals surface area contributed by atoms with Crippen molar-refractivity contribution in [1.82, 2.24) is 5.48 Å². The van der Waals surface area contributed by atoms with Crippen LogP contribution < -0.4 is 10.2 Å². The molecule has 1 aromatic rings. The number of benzene rings is 1. The molecule has 0 fully saturated rings. The van der Waals surface area contributed by atoms with Crippen LogP contribution in [0.1, 0.15) is 36.1 Å². The molecular weight excluding hydrogens is 238 g/mol. The van der Waals surface area contributed by atoms with E-state index < -0.39 is 0 Å². The van der Waals surface area contributed by atoms with Crippen molar-refractivity contribution in [2.75, 3.05) is 7.11 Å². The van der Waals surface area contributed by atoms with Gasteiger partial charge >= 0.3 is 0 Å². The van der Waals surface area contributed by atoms with Crippen LogP contribution >= 0.6 is 11.6 Å². The predicted molar refractivity (Wildman–Crippen MR) is 68.5 cm³/mol. The molecule has 0 bridgehead atoms. The molecule has 1 heterocycles. The molecule has 0 aromatic heterocycles. The lowest BCUT2D eigenvalue weighted by molar-refractivity contribution is 0.0282. The van der Waals surface area contributed by atoms with Crippen LogP contribution in [0.15, 0.2) is 6.07 Å². The monoisotopic (exact) mass is 255 g/mol. The minimum Gasteiger partial charge on any atom is -0.488 e. The van der Waals surface area contributed by atoms with E-state index in [1.807, 2.05) is 19.9 Å². The van der Waals surface area contributed by atoms with E-state index >= 15 is 0 Å². The highest BCUT2D eigenvalue weighted by Crippen LogP contribution is 2.43. The third-order valence-electron chi connectivity index (χ3n) is 3.30. The predicted octanol–water partition coefficient (Wildman–Crippen LogP) is 3.32. The summed E-state index contributed by atoms with van der Waals surface area (Å²) in [5, 5.41) is 0.812. The third-order valence-corrected chi connectivity index (χ3v) is 3.88. The molecule has 2 rings (SSSR count). The van der Waals surface area contributed by atoms with Gasteiger partial charge in [0.05, 0.1) is 13.2 Å². The van der Waals surface area contributed by atoms with Crippen molar-refractivity contribution in [2.45, 2.75) is 39.3 Å². The fourth-order valence-corrected chi connectivity index (χ4v) is 2.57. The van der Waals surface area contributed by atoms with Crippen LogP contribution in [0.5, 0.6) is 5.75 Å². The van der Waals surface area contributed by atoms with Crippen molar-refractivity contribution in [3.8, 4) is 5.75 Å². The van der Waals surface area contributed by atoms with Gasteiger partial charge in [-0.05, 0) is 37.5 Å². The van der Waals surface area contributed by atoms with Crippen molar-refractivity contribution in [3.63, 3.8) is 0 Å². The number of rotatable bonds is 3. The van der Waals surface area contributed by atoms with Crippen molar-refractivity contribution in [1.29, 1.82) is 0 Å². The molecule has 0 radical (unpaired) electrons. The van der Waals surface area contributed by atoms with Crippen molar-refractivity contribution >= 4 is 11.6 Å². The maximum absolute atomic E-state index is 6.29. The summed E-state index contributed by atoms with van der Waals surface area (Å²) < 4.78 is 5.94. The molecule has 1 aliphatic heterocycles. The number of hydrogen-bond acceptors (Lipinski definition) is 3. The van der Waals surface area contributed by atoms with Gasteiger partial charge in [0.25, 0.3) is 0 Å². The number of aryl methyl sites for hydroxylation is 1. The minimum absolute atomic E-state index is 0.0538. The Morgan fingerprint density at radius 3 is 2.76 bits per heavy atom. The first-order valence-electron chi connectivity index (χ1n) is 5.84. The van der Waals surface area contributed by atoms with Gasteiger partial charge in [-0.15, -0.1) is 0 Å². The van der Waals surface area contributed by atoms with E-state index in [1.165, 1.54) is 0 Å². The van der Waals surface area contributed by atoms with Crippen LogP contribution in [0.2, 0.25) is 5.02 Å². The zero-order chi connectivity index (χ0) is 12.6. The van der Waals surface area contributed by atoms with Gasteiger partial charge in [0.1, 0.15) is 11.9 Å². The molecule has 17 heavy (non-hydrogen) atoms. The molecule has 0 saturated heterocycles. The van der Waals surface area contributed by atoms with Gasteiger partial charge < -0.3 is 9.57 Å². The molecule has 4 heteroatoms. The number of halogens is 1. The molecule has 0 saturated carbocycles. The van der Waals surface area contributed by atoms with E-state index in [9.17, 15) is 0 Å². The van der Waals surface area contributed by atoms with Crippen LogP contribution in [-0.4, -0.2) is 13.2 Å². The highest BCUT2D eigenvalue weighted by atomic mass is 35.5. The Labute approximate surface area is 107 Å². The van der Waals surface area contributed by atoms with E-state index in [0.717, 1.165) is 33.9 Å². The largest absolute Gasteiger partial charge is 0.488 e. The van der Waals surface area contributed by atoms with Crippen LogP contribution in [0.25, 0.3) is 0 Å². The van der Waals surface area contributed by atoms with Crippen molar-refractivity contribution in [2.24, 2.45) is 0 Å². The number of hydroxylamine groups is 1. The minimum atomic E-state index is 0.0538. The van der Waals surface area contributed by atoms with E-state index in [2.05, 4.69) is 12.4 Å². The lowest BCUT2D eigenvalue weighted by atomic mass is 9.96. The van der Waals surface area contributed by atoms with Crippen LogP contribution in [-0.2, 0) is 4.84 Å². The lowest BCUT2D eigenvalue weighted by Crippen LogP contribution is -2.30. The molecule has 3 nitrogen and oxygen atoms in total.